The van der Waals surface area contributed by atoms with Crippen molar-refractivity contribution in [2.45, 2.75) is 65.0 Å². The molecule has 0 atom stereocenters. The first-order chi connectivity index (χ1) is 8.22. The largest absolute Gasteiger partial charge is 0.394 e. The van der Waals surface area contributed by atoms with Crippen LogP contribution in [0.5, 0.6) is 0 Å². The zero-order valence-corrected chi connectivity index (χ0v) is 11.0. The average Bonchev–Trinajstić information content (AvgIpc) is 2.59. The van der Waals surface area contributed by atoms with Crippen LogP contribution in [-0.2, 0) is 6.54 Å². The smallest absolute Gasteiger partial charge is 0.148 e. The Morgan fingerprint density at radius 2 is 2.06 bits per heavy atom. The van der Waals surface area contributed by atoms with Gasteiger partial charge in [-0.2, -0.15) is 5.10 Å². The van der Waals surface area contributed by atoms with Crippen molar-refractivity contribution in [1.29, 1.82) is 0 Å². The van der Waals surface area contributed by atoms with E-state index in [0.717, 1.165) is 30.2 Å². The molecule has 0 aromatic carbocycles. The van der Waals surface area contributed by atoms with Gasteiger partial charge in [0.25, 0.3) is 0 Å². The minimum absolute atomic E-state index is 0.581. The fourth-order valence-corrected chi connectivity index (χ4v) is 2.56. The number of hydrogen-bond donors (Lipinski definition) is 2. The number of nitrogens with two attached hydrogens (primary N) is 1. The number of aromatic nitrogens is 2. The summed E-state index contributed by atoms with van der Waals surface area (Å²) in [5, 5.41) is 8.09. The zero-order chi connectivity index (χ0) is 12.3. The molecule has 0 bridgehead atoms. The molecule has 0 saturated heterocycles. The Hall–Kier alpha value is -1.19. The van der Waals surface area contributed by atoms with E-state index in [1.54, 1.807) is 0 Å². The van der Waals surface area contributed by atoms with Crippen molar-refractivity contribution < 1.29 is 0 Å². The summed E-state index contributed by atoms with van der Waals surface area (Å²) >= 11 is 0. The molecule has 0 radical (unpaired) electrons. The van der Waals surface area contributed by atoms with E-state index in [4.69, 9.17) is 5.73 Å². The van der Waals surface area contributed by atoms with Crippen LogP contribution in [0, 0.1) is 6.92 Å². The van der Waals surface area contributed by atoms with E-state index < -0.39 is 0 Å². The predicted molar refractivity (Wildman–Crippen MR) is 72.2 cm³/mol. The standard InChI is InChI=1S/C13H24N4/c1-3-9-17-13(12(14)10(2)16-17)15-11-7-5-4-6-8-11/h11,15H,3-9,14H2,1-2H3. The van der Waals surface area contributed by atoms with Crippen molar-refractivity contribution in [3.63, 3.8) is 0 Å². The second-order valence-corrected chi connectivity index (χ2v) is 5.05. The minimum atomic E-state index is 0.581. The van der Waals surface area contributed by atoms with Crippen LogP contribution < -0.4 is 11.1 Å². The molecule has 1 aromatic rings. The van der Waals surface area contributed by atoms with Gasteiger partial charge in [-0.05, 0) is 26.2 Å². The average molecular weight is 236 g/mol. The summed E-state index contributed by atoms with van der Waals surface area (Å²) in [5.41, 5.74) is 7.87. The van der Waals surface area contributed by atoms with Crippen LogP contribution in [-0.4, -0.2) is 15.8 Å². The van der Waals surface area contributed by atoms with Crippen molar-refractivity contribution in [2.75, 3.05) is 11.1 Å². The fraction of sp³-hybridized carbons (Fsp3) is 0.769. The van der Waals surface area contributed by atoms with Crippen LogP contribution in [0.25, 0.3) is 0 Å². The van der Waals surface area contributed by atoms with Crippen LogP contribution in [0.1, 0.15) is 51.1 Å². The van der Waals surface area contributed by atoms with Crippen molar-refractivity contribution in [3.8, 4) is 0 Å². The number of aryl methyl sites for hydroxylation is 2. The van der Waals surface area contributed by atoms with E-state index in [0.29, 0.717) is 6.04 Å². The third kappa shape index (κ3) is 2.73. The highest BCUT2D eigenvalue weighted by Gasteiger charge is 2.18. The van der Waals surface area contributed by atoms with Gasteiger partial charge in [-0.1, -0.05) is 26.2 Å². The van der Waals surface area contributed by atoms with Crippen molar-refractivity contribution in [1.82, 2.24) is 9.78 Å². The van der Waals surface area contributed by atoms with Gasteiger partial charge < -0.3 is 11.1 Å². The first kappa shape index (κ1) is 12.3. The number of anilines is 2. The van der Waals surface area contributed by atoms with Gasteiger partial charge >= 0.3 is 0 Å². The normalized spacial score (nSPS) is 17.3. The Morgan fingerprint density at radius 3 is 2.71 bits per heavy atom. The summed E-state index contributed by atoms with van der Waals surface area (Å²) in [6, 6.07) is 0.581. The van der Waals surface area contributed by atoms with Crippen molar-refractivity contribution in [2.24, 2.45) is 0 Å². The SMILES string of the molecule is CCCn1nc(C)c(N)c1NC1CCCCC1. The van der Waals surface area contributed by atoms with Crippen molar-refractivity contribution in [3.05, 3.63) is 5.69 Å². The highest BCUT2D eigenvalue weighted by molar-refractivity contribution is 5.65. The van der Waals surface area contributed by atoms with E-state index in [9.17, 15) is 0 Å². The summed E-state index contributed by atoms with van der Waals surface area (Å²) in [6.07, 6.45) is 7.64. The first-order valence-corrected chi connectivity index (χ1v) is 6.81. The molecular formula is C13H24N4. The van der Waals surface area contributed by atoms with E-state index in [1.165, 1.54) is 32.1 Å². The van der Waals surface area contributed by atoms with E-state index >= 15 is 0 Å². The van der Waals surface area contributed by atoms with Crippen LogP contribution in [0.2, 0.25) is 0 Å². The number of hydrogen-bond acceptors (Lipinski definition) is 3. The molecule has 1 saturated carbocycles. The Bertz CT molecular complexity index is 364. The molecule has 1 aliphatic carbocycles. The highest BCUT2D eigenvalue weighted by atomic mass is 15.3. The number of nitrogens with zero attached hydrogens (tertiary/aromatic N) is 2. The van der Waals surface area contributed by atoms with Gasteiger partial charge in [-0.15, -0.1) is 0 Å². The Labute approximate surface area is 104 Å². The lowest BCUT2D eigenvalue weighted by Crippen LogP contribution is -2.24. The van der Waals surface area contributed by atoms with Gasteiger partial charge in [0, 0.05) is 12.6 Å². The summed E-state index contributed by atoms with van der Waals surface area (Å²) < 4.78 is 2.03. The zero-order valence-electron chi connectivity index (χ0n) is 11.0. The molecule has 4 nitrogen and oxygen atoms in total. The van der Waals surface area contributed by atoms with E-state index in [-0.39, 0.29) is 0 Å². The molecule has 1 heterocycles. The minimum Gasteiger partial charge on any atom is -0.394 e. The molecule has 96 valence electrons. The first-order valence-electron chi connectivity index (χ1n) is 6.81. The third-order valence-corrected chi connectivity index (χ3v) is 3.56. The van der Waals surface area contributed by atoms with Gasteiger partial charge in [0.15, 0.2) is 0 Å². The van der Waals surface area contributed by atoms with Gasteiger partial charge in [0.1, 0.15) is 5.82 Å². The maximum atomic E-state index is 6.11. The van der Waals surface area contributed by atoms with Crippen molar-refractivity contribution >= 4 is 11.5 Å². The Balaban J connectivity index is 2.12. The lowest BCUT2D eigenvalue weighted by Gasteiger charge is -2.24. The van der Waals surface area contributed by atoms with Crippen LogP contribution in [0.3, 0.4) is 0 Å². The highest BCUT2D eigenvalue weighted by Crippen LogP contribution is 2.27. The quantitative estimate of drug-likeness (QED) is 0.845. The lowest BCUT2D eigenvalue weighted by molar-refractivity contribution is 0.458. The molecule has 1 aromatic heterocycles. The molecule has 0 unspecified atom stereocenters. The van der Waals surface area contributed by atoms with E-state index in [2.05, 4.69) is 17.3 Å². The molecule has 0 aliphatic heterocycles. The summed E-state index contributed by atoms with van der Waals surface area (Å²) in [4.78, 5) is 0. The Kier molecular flexibility index (Phi) is 3.92. The van der Waals surface area contributed by atoms with Crippen LogP contribution >= 0.6 is 0 Å². The van der Waals surface area contributed by atoms with Gasteiger partial charge in [0.05, 0.1) is 11.4 Å². The van der Waals surface area contributed by atoms with E-state index in [1.807, 2.05) is 11.6 Å². The molecule has 1 fully saturated rings. The summed E-state index contributed by atoms with van der Waals surface area (Å²) in [7, 11) is 0. The van der Waals surface area contributed by atoms with Gasteiger partial charge in [-0.3, -0.25) is 0 Å². The van der Waals surface area contributed by atoms with Gasteiger partial charge in [0.2, 0.25) is 0 Å². The molecular weight excluding hydrogens is 212 g/mol. The fourth-order valence-electron chi connectivity index (χ4n) is 2.56. The van der Waals surface area contributed by atoms with Gasteiger partial charge in [-0.25, -0.2) is 4.68 Å². The number of nitrogen functional groups attached to an aromatic ring is 1. The molecule has 0 amide bonds. The van der Waals surface area contributed by atoms with Crippen LogP contribution in [0.15, 0.2) is 0 Å². The predicted octanol–water partition coefficient (Wildman–Crippen LogP) is 2.93. The molecule has 17 heavy (non-hydrogen) atoms. The summed E-state index contributed by atoms with van der Waals surface area (Å²) in [6.45, 7) is 5.08. The Morgan fingerprint density at radius 1 is 1.35 bits per heavy atom. The molecule has 2 rings (SSSR count). The maximum absolute atomic E-state index is 6.11. The summed E-state index contributed by atoms with van der Waals surface area (Å²) in [5.74, 6) is 1.04. The maximum Gasteiger partial charge on any atom is 0.148 e. The molecule has 1 aliphatic rings. The molecule has 0 spiro atoms. The van der Waals surface area contributed by atoms with Crippen LogP contribution in [0.4, 0.5) is 11.5 Å². The number of nitrogens with one attached hydrogen (secondary N) is 1. The monoisotopic (exact) mass is 236 g/mol. The molecule has 4 heteroatoms. The molecule has 3 N–H and O–H groups in total. The number of rotatable bonds is 4. The second-order valence-electron chi connectivity index (χ2n) is 5.05. The topological polar surface area (TPSA) is 55.9 Å². The third-order valence-electron chi connectivity index (χ3n) is 3.56. The second kappa shape index (κ2) is 5.43. The lowest BCUT2D eigenvalue weighted by atomic mass is 9.95.